The Labute approximate surface area is 223 Å². The number of hydrogen-bond donors (Lipinski definition) is 1. The van der Waals surface area contributed by atoms with Gasteiger partial charge in [-0.2, -0.15) is 17.2 Å². The predicted octanol–water partition coefficient (Wildman–Crippen LogP) is 2.22. The molecule has 39 heavy (non-hydrogen) atoms. The zero-order chi connectivity index (χ0) is 28.6. The van der Waals surface area contributed by atoms with Crippen molar-refractivity contribution >= 4 is 34.0 Å². The van der Waals surface area contributed by atoms with Gasteiger partial charge in [0.1, 0.15) is 5.60 Å². The summed E-state index contributed by atoms with van der Waals surface area (Å²) in [5, 5.41) is -4.75. The summed E-state index contributed by atoms with van der Waals surface area (Å²) in [6.07, 6.45) is 0.198. The molecule has 0 spiro atoms. The minimum Gasteiger partial charge on any atom is -0.456 e. The Kier molecular flexibility index (Phi) is 8.53. The van der Waals surface area contributed by atoms with Crippen LogP contribution in [0.25, 0.3) is 0 Å². The highest BCUT2D eigenvalue weighted by Gasteiger charge is 2.55. The van der Waals surface area contributed by atoms with Crippen molar-refractivity contribution in [3.8, 4) is 0 Å². The number of esters is 4. The predicted molar refractivity (Wildman–Crippen MR) is 124 cm³/mol. The lowest BCUT2D eigenvalue weighted by atomic mass is 9.69. The van der Waals surface area contributed by atoms with Crippen molar-refractivity contribution in [1.29, 1.82) is 0 Å². The van der Waals surface area contributed by atoms with Gasteiger partial charge in [-0.05, 0) is 51.9 Å². The standard InChI is InChI=1S/C24H32F2O12S/c1-13(24(25,26)39(31,32)33)34-19(27)7-8-20(28)36-17-12-18(37-21(17)29)22(30)38-23(9-3-2-4-10-23)15-11-14-5-6-16(15)35-14/h13-18H,2-12H2,1H3,(H,31,32,33). The molecule has 4 aliphatic rings. The Morgan fingerprint density at radius 1 is 1.10 bits per heavy atom. The van der Waals surface area contributed by atoms with Crippen molar-refractivity contribution in [3.05, 3.63) is 0 Å². The minimum absolute atomic E-state index is 0.0367. The highest BCUT2D eigenvalue weighted by molar-refractivity contribution is 7.86. The average molecular weight is 583 g/mol. The van der Waals surface area contributed by atoms with Crippen molar-refractivity contribution in [3.63, 3.8) is 0 Å². The quantitative estimate of drug-likeness (QED) is 0.227. The summed E-state index contributed by atoms with van der Waals surface area (Å²) in [7, 11) is -5.83. The van der Waals surface area contributed by atoms with E-state index in [2.05, 4.69) is 4.74 Å². The number of carbonyl (C=O) groups is 4. The fourth-order valence-corrected chi connectivity index (χ4v) is 6.38. The van der Waals surface area contributed by atoms with Crippen molar-refractivity contribution in [2.75, 3.05) is 0 Å². The van der Waals surface area contributed by atoms with Crippen LogP contribution >= 0.6 is 0 Å². The van der Waals surface area contributed by atoms with E-state index < -0.39 is 76.0 Å². The molecular formula is C24H32F2O12S. The Balaban J connectivity index is 1.26. The minimum atomic E-state index is -5.83. The van der Waals surface area contributed by atoms with Gasteiger partial charge in [0.05, 0.1) is 25.0 Å². The third kappa shape index (κ3) is 6.35. The van der Waals surface area contributed by atoms with Crippen molar-refractivity contribution in [1.82, 2.24) is 0 Å². The molecule has 12 nitrogen and oxygen atoms in total. The van der Waals surface area contributed by atoms with Gasteiger partial charge in [-0.3, -0.25) is 14.1 Å². The largest absolute Gasteiger partial charge is 0.456 e. The lowest BCUT2D eigenvalue weighted by Crippen LogP contribution is -2.49. The summed E-state index contributed by atoms with van der Waals surface area (Å²) in [6, 6.07) is 0. The molecule has 0 aromatic heterocycles. The summed E-state index contributed by atoms with van der Waals surface area (Å²) in [4.78, 5) is 49.2. The number of halogens is 2. The fourth-order valence-electron chi connectivity index (χ4n) is 5.91. The first kappa shape index (κ1) is 29.6. The zero-order valence-corrected chi connectivity index (χ0v) is 22.2. The number of ether oxygens (including phenoxy) is 5. The molecule has 6 unspecified atom stereocenters. The van der Waals surface area contributed by atoms with Crippen LogP contribution in [0.5, 0.6) is 0 Å². The van der Waals surface area contributed by atoms with Gasteiger partial charge in [0.25, 0.3) is 0 Å². The van der Waals surface area contributed by atoms with Gasteiger partial charge in [-0.1, -0.05) is 6.42 Å². The first-order valence-electron chi connectivity index (χ1n) is 13.0. The van der Waals surface area contributed by atoms with Gasteiger partial charge in [0.2, 0.25) is 12.2 Å². The number of fused-ring (bicyclic) bond motifs is 2. The molecule has 3 heterocycles. The van der Waals surface area contributed by atoms with Crippen LogP contribution in [0.3, 0.4) is 0 Å². The van der Waals surface area contributed by atoms with E-state index in [1.807, 2.05) is 0 Å². The maximum Gasteiger partial charge on any atom is 0.405 e. The lowest BCUT2D eigenvalue weighted by molar-refractivity contribution is -0.186. The van der Waals surface area contributed by atoms with E-state index in [9.17, 15) is 36.4 Å². The first-order valence-corrected chi connectivity index (χ1v) is 14.5. The van der Waals surface area contributed by atoms with Crippen LogP contribution in [0.2, 0.25) is 0 Å². The molecule has 6 atom stereocenters. The normalized spacial score (nSPS) is 30.9. The topological polar surface area (TPSA) is 169 Å². The van der Waals surface area contributed by atoms with E-state index >= 15 is 0 Å². The Morgan fingerprint density at radius 3 is 2.36 bits per heavy atom. The van der Waals surface area contributed by atoms with E-state index in [0.29, 0.717) is 19.8 Å². The van der Waals surface area contributed by atoms with Crippen LogP contribution in [0.4, 0.5) is 8.78 Å². The number of cyclic esters (lactones) is 1. The molecule has 4 rings (SSSR count). The third-order valence-electron chi connectivity index (χ3n) is 7.93. The Morgan fingerprint density at radius 2 is 1.77 bits per heavy atom. The molecule has 4 fully saturated rings. The van der Waals surface area contributed by atoms with Crippen molar-refractivity contribution in [2.24, 2.45) is 5.92 Å². The fraction of sp³-hybridized carbons (Fsp3) is 0.833. The van der Waals surface area contributed by atoms with Crippen molar-refractivity contribution in [2.45, 2.75) is 119 Å². The molecule has 1 saturated carbocycles. The van der Waals surface area contributed by atoms with Crippen LogP contribution in [0.1, 0.15) is 77.6 Å². The second-order valence-corrected chi connectivity index (χ2v) is 12.1. The maximum absolute atomic E-state index is 13.5. The smallest absolute Gasteiger partial charge is 0.405 e. The molecular weight excluding hydrogens is 550 g/mol. The number of carbonyl (C=O) groups excluding carboxylic acids is 4. The monoisotopic (exact) mass is 582 g/mol. The SMILES string of the molecule is CC(OC(=O)CCC(=O)OC1CC(C(=O)OC2(C3CC4CCC3O4)CCCCC2)OC1=O)C(F)(F)S(=O)(=O)O. The molecule has 2 bridgehead atoms. The van der Waals surface area contributed by atoms with Crippen LogP contribution in [-0.4, -0.2) is 78.2 Å². The Bertz CT molecular complexity index is 1090. The van der Waals surface area contributed by atoms with E-state index in [0.717, 1.165) is 38.5 Å². The summed E-state index contributed by atoms with van der Waals surface area (Å²) in [6.45, 7) is 0.555. The summed E-state index contributed by atoms with van der Waals surface area (Å²) in [5.41, 5.74) is -0.694. The van der Waals surface area contributed by atoms with Crippen molar-refractivity contribution < 1.29 is 64.6 Å². The third-order valence-corrected chi connectivity index (χ3v) is 8.95. The molecule has 3 saturated heterocycles. The van der Waals surface area contributed by atoms with Crippen LogP contribution < -0.4 is 0 Å². The van der Waals surface area contributed by atoms with Gasteiger partial charge in [-0.15, -0.1) is 0 Å². The maximum atomic E-state index is 13.5. The number of rotatable bonds is 10. The van der Waals surface area contributed by atoms with Gasteiger partial charge in [0.15, 0.2) is 6.10 Å². The lowest BCUT2D eigenvalue weighted by Gasteiger charge is -2.44. The number of alkyl halides is 2. The molecule has 1 aliphatic carbocycles. The van der Waals surface area contributed by atoms with Gasteiger partial charge in [0, 0.05) is 12.3 Å². The molecule has 0 radical (unpaired) electrons. The molecule has 1 N–H and O–H groups in total. The highest BCUT2D eigenvalue weighted by Crippen LogP contribution is 2.50. The number of hydrogen-bond acceptors (Lipinski definition) is 11. The van der Waals surface area contributed by atoms with Crippen LogP contribution in [0, 0.1) is 5.92 Å². The molecule has 3 aliphatic heterocycles. The Hall–Kier alpha value is -2.39. The van der Waals surface area contributed by atoms with E-state index in [1.54, 1.807) is 0 Å². The molecule has 0 aromatic rings. The summed E-state index contributed by atoms with van der Waals surface area (Å²) < 4.78 is 83.4. The van der Waals surface area contributed by atoms with Crippen LogP contribution in [0.15, 0.2) is 0 Å². The molecule has 220 valence electrons. The zero-order valence-electron chi connectivity index (χ0n) is 21.3. The van der Waals surface area contributed by atoms with E-state index in [4.69, 9.17) is 23.5 Å². The average Bonchev–Trinajstić information content (AvgIpc) is 3.59. The first-order chi connectivity index (χ1) is 18.2. The van der Waals surface area contributed by atoms with E-state index in [1.165, 1.54) is 0 Å². The molecule has 0 aromatic carbocycles. The van der Waals surface area contributed by atoms with Gasteiger partial charge in [-0.25, -0.2) is 9.59 Å². The van der Waals surface area contributed by atoms with E-state index in [-0.39, 0.29) is 24.5 Å². The molecule has 15 heteroatoms. The highest BCUT2D eigenvalue weighted by atomic mass is 32.2. The summed E-state index contributed by atoms with van der Waals surface area (Å²) in [5.74, 6) is -4.04. The van der Waals surface area contributed by atoms with Gasteiger partial charge < -0.3 is 23.7 Å². The second kappa shape index (κ2) is 11.2. The summed E-state index contributed by atoms with van der Waals surface area (Å²) >= 11 is 0. The molecule has 0 amide bonds. The second-order valence-electron chi connectivity index (χ2n) is 10.6. The van der Waals surface area contributed by atoms with Crippen LogP contribution in [-0.2, 0) is 53.0 Å². The van der Waals surface area contributed by atoms with Gasteiger partial charge >= 0.3 is 39.2 Å².